The number of carbonyl (C=O) groups is 1. The lowest BCUT2D eigenvalue weighted by Gasteiger charge is -2.29. The van der Waals surface area contributed by atoms with Crippen molar-refractivity contribution >= 4 is 54.9 Å². The Bertz CT molecular complexity index is 966. The predicted octanol–water partition coefficient (Wildman–Crippen LogP) is 4.35. The first-order chi connectivity index (χ1) is 13.2. The largest absolute Gasteiger partial charge is 0.484 e. The summed E-state index contributed by atoms with van der Waals surface area (Å²) in [6.07, 6.45) is 0.400. The van der Waals surface area contributed by atoms with Crippen molar-refractivity contribution < 1.29 is 17.9 Å². The molecule has 0 N–H and O–H groups in total. The molecule has 150 valence electrons. The van der Waals surface area contributed by atoms with E-state index in [1.165, 1.54) is 0 Å². The van der Waals surface area contributed by atoms with Gasteiger partial charge < -0.3 is 9.64 Å². The Morgan fingerprint density at radius 3 is 2.50 bits per heavy atom. The molecule has 1 aliphatic heterocycles. The van der Waals surface area contributed by atoms with Crippen molar-refractivity contribution in [1.29, 1.82) is 0 Å². The molecule has 0 unspecified atom stereocenters. The van der Waals surface area contributed by atoms with Crippen molar-refractivity contribution in [3.05, 3.63) is 62.5 Å². The maximum Gasteiger partial charge on any atom is 0.261 e. The molecule has 28 heavy (non-hydrogen) atoms. The van der Waals surface area contributed by atoms with Crippen molar-refractivity contribution in [2.24, 2.45) is 0 Å². The average Bonchev–Trinajstić information content (AvgIpc) is 3.00. The molecule has 1 fully saturated rings. The molecule has 0 radical (unpaired) electrons. The van der Waals surface area contributed by atoms with E-state index in [9.17, 15) is 13.2 Å². The van der Waals surface area contributed by atoms with Crippen LogP contribution in [0, 0.1) is 0 Å². The topological polar surface area (TPSA) is 63.7 Å². The minimum Gasteiger partial charge on any atom is -0.484 e. The number of halogens is 3. The summed E-state index contributed by atoms with van der Waals surface area (Å²) in [4.78, 5) is 14.4. The molecule has 1 saturated heterocycles. The van der Waals surface area contributed by atoms with E-state index in [-0.39, 0.29) is 30.6 Å². The van der Waals surface area contributed by atoms with Crippen molar-refractivity contribution in [2.75, 3.05) is 18.1 Å². The van der Waals surface area contributed by atoms with E-state index < -0.39 is 15.9 Å². The maximum atomic E-state index is 12.9. The van der Waals surface area contributed by atoms with E-state index in [1.54, 1.807) is 35.2 Å². The van der Waals surface area contributed by atoms with Gasteiger partial charge in [0.2, 0.25) is 0 Å². The van der Waals surface area contributed by atoms with Gasteiger partial charge in [0.1, 0.15) is 5.75 Å². The Labute approximate surface area is 182 Å². The highest BCUT2D eigenvalue weighted by molar-refractivity contribution is 9.10. The van der Waals surface area contributed by atoms with E-state index in [0.29, 0.717) is 27.8 Å². The lowest BCUT2D eigenvalue weighted by Crippen LogP contribution is -2.43. The summed E-state index contributed by atoms with van der Waals surface area (Å²) in [5.74, 6) is 0.280. The fourth-order valence-corrected chi connectivity index (χ4v) is 5.50. The summed E-state index contributed by atoms with van der Waals surface area (Å²) in [5.41, 5.74) is 0.701. The minimum atomic E-state index is -3.15. The molecular weight excluding hydrogens is 489 g/mol. The maximum absolute atomic E-state index is 12.9. The van der Waals surface area contributed by atoms with Gasteiger partial charge in [-0.05, 0) is 48.4 Å². The van der Waals surface area contributed by atoms with E-state index in [4.69, 9.17) is 27.9 Å². The Morgan fingerprint density at radius 2 is 1.89 bits per heavy atom. The summed E-state index contributed by atoms with van der Waals surface area (Å²) in [6.45, 7) is 0.00209. The van der Waals surface area contributed by atoms with Crippen LogP contribution in [0.4, 0.5) is 0 Å². The molecule has 0 spiro atoms. The summed E-state index contributed by atoms with van der Waals surface area (Å²) in [6, 6.07) is 11.8. The second-order valence-electron chi connectivity index (χ2n) is 6.56. The zero-order valence-corrected chi connectivity index (χ0v) is 18.7. The van der Waals surface area contributed by atoms with Crippen LogP contribution in [0.5, 0.6) is 5.75 Å². The molecule has 0 aliphatic carbocycles. The van der Waals surface area contributed by atoms with Crippen molar-refractivity contribution in [2.45, 2.75) is 19.0 Å². The smallest absolute Gasteiger partial charge is 0.261 e. The number of amides is 1. The van der Waals surface area contributed by atoms with Gasteiger partial charge in [-0.3, -0.25) is 4.79 Å². The third kappa shape index (κ3) is 5.63. The number of sulfone groups is 1. The van der Waals surface area contributed by atoms with E-state index >= 15 is 0 Å². The summed E-state index contributed by atoms with van der Waals surface area (Å²) in [5, 5.41) is 0.925. The van der Waals surface area contributed by atoms with Gasteiger partial charge in [-0.15, -0.1) is 0 Å². The van der Waals surface area contributed by atoms with Gasteiger partial charge >= 0.3 is 0 Å². The number of benzene rings is 2. The van der Waals surface area contributed by atoms with E-state index in [0.717, 1.165) is 4.47 Å². The van der Waals surface area contributed by atoms with Crippen LogP contribution in [0.1, 0.15) is 12.0 Å². The van der Waals surface area contributed by atoms with Gasteiger partial charge in [-0.1, -0.05) is 45.2 Å². The van der Waals surface area contributed by atoms with Gasteiger partial charge in [0.15, 0.2) is 16.4 Å². The fraction of sp³-hybridized carbons (Fsp3) is 0.316. The Balaban J connectivity index is 1.76. The first-order valence-corrected chi connectivity index (χ1v) is 11.9. The van der Waals surface area contributed by atoms with Gasteiger partial charge in [0.05, 0.1) is 11.5 Å². The van der Waals surface area contributed by atoms with Crippen LogP contribution in [0.3, 0.4) is 0 Å². The Kier molecular flexibility index (Phi) is 6.91. The molecule has 0 bridgehead atoms. The first kappa shape index (κ1) is 21.4. The molecule has 5 nitrogen and oxygen atoms in total. The lowest BCUT2D eigenvalue weighted by molar-refractivity contribution is -0.136. The quantitative estimate of drug-likeness (QED) is 0.584. The van der Waals surface area contributed by atoms with Crippen molar-refractivity contribution in [3.63, 3.8) is 0 Å². The minimum absolute atomic E-state index is 0.0533. The van der Waals surface area contributed by atoms with Gasteiger partial charge in [0, 0.05) is 27.1 Å². The van der Waals surface area contributed by atoms with Crippen LogP contribution < -0.4 is 4.74 Å². The zero-order valence-electron chi connectivity index (χ0n) is 14.8. The van der Waals surface area contributed by atoms with Crippen molar-refractivity contribution in [3.8, 4) is 5.75 Å². The molecule has 2 aromatic carbocycles. The van der Waals surface area contributed by atoms with E-state index in [1.807, 2.05) is 12.1 Å². The molecular formula is C19H18BrCl2NO4S. The van der Waals surface area contributed by atoms with Crippen molar-refractivity contribution in [1.82, 2.24) is 4.90 Å². The SMILES string of the molecule is O=C(COc1ccc(Br)cc1)N(Cc1ccc(Cl)cc1Cl)[C@@H]1CCS(=O)(=O)C1. The van der Waals surface area contributed by atoms with Crippen LogP contribution in [-0.2, 0) is 21.2 Å². The second kappa shape index (κ2) is 9.03. The summed E-state index contributed by atoms with van der Waals surface area (Å²) in [7, 11) is -3.15. The zero-order chi connectivity index (χ0) is 20.3. The Hall–Kier alpha value is -1.28. The molecule has 0 saturated carbocycles. The lowest BCUT2D eigenvalue weighted by atomic mass is 10.1. The monoisotopic (exact) mass is 505 g/mol. The summed E-state index contributed by atoms with van der Waals surface area (Å²) < 4.78 is 30.3. The van der Waals surface area contributed by atoms with Crippen LogP contribution in [0.25, 0.3) is 0 Å². The van der Waals surface area contributed by atoms with E-state index in [2.05, 4.69) is 15.9 Å². The number of nitrogens with zero attached hydrogens (tertiary/aromatic N) is 1. The highest BCUT2D eigenvalue weighted by Gasteiger charge is 2.35. The molecule has 1 amide bonds. The van der Waals surface area contributed by atoms with Crippen LogP contribution >= 0.6 is 39.1 Å². The fourth-order valence-electron chi connectivity index (χ4n) is 3.03. The number of ether oxygens (including phenoxy) is 1. The highest BCUT2D eigenvalue weighted by atomic mass is 79.9. The molecule has 1 aliphatic rings. The number of rotatable bonds is 6. The first-order valence-electron chi connectivity index (χ1n) is 8.56. The molecule has 1 atom stereocenters. The standard InChI is InChI=1S/C19H18BrCl2NO4S/c20-14-2-5-17(6-3-14)27-11-19(24)23(16-7-8-28(25,26)12-16)10-13-1-4-15(21)9-18(13)22/h1-6,9,16H,7-8,10-12H2/t16-/m1/s1. The van der Waals surface area contributed by atoms with Gasteiger partial charge in [-0.25, -0.2) is 8.42 Å². The van der Waals surface area contributed by atoms with Gasteiger partial charge in [0.25, 0.3) is 5.91 Å². The molecule has 9 heteroatoms. The third-order valence-electron chi connectivity index (χ3n) is 4.50. The number of carbonyl (C=O) groups excluding carboxylic acids is 1. The number of hydrogen-bond acceptors (Lipinski definition) is 4. The third-order valence-corrected chi connectivity index (χ3v) is 7.37. The summed E-state index contributed by atoms with van der Waals surface area (Å²) >= 11 is 15.5. The van der Waals surface area contributed by atoms with Crippen LogP contribution in [-0.4, -0.2) is 43.4 Å². The van der Waals surface area contributed by atoms with Gasteiger partial charge in [-0.2, -0.15) is 0 Å². The predicted molar refractivity (Wildman–Crippen MR) is 114 cm³/mol. The average molecular weight is 507 g/mol. The Morgan fingerprint density at radius 1 is 1.18 bits per heavy atom. The molecule has 2 aromatic rings. The van der Waals surface area contributed by atoms with Crippen LogP contribution in [0.15, 0.2) is 46.9 Å². The van der Waals surface area contributed by atoms with Crippen LogP contribution in [0.2, 0.25) is 10.0 Å². The molecule has 1 heterocycles. The molecule has 0 aromatic heterocycles. The number of hydrogen-bond donors (Lipinski definition) is 0. The second-order valence-corrected chi connectivity index (χ2v) is 10.5. The normalized spacial score (nSPS) is 18.0. The molecule has 3 rings (SSSR count). The highest BCUT2D eigenvalue weighted by Crippen LogP contribution is 2.26.